The molecule has 1 fully saturated rings. The first-order chi connectivity index (χ1) is 14.7. The molecule has 0 aliphatic carbocycles. The number of ether oxygens (including phenoxy) is 2. The minimum absolute atomic E-state index is 0.0343. The van der Waals surface area contributed by atoms with Crippen LogP contribution in [-0.2, 0) is 39.9 Å². The summed E-state index contributed by atoms with van der Waals surface area (Å²) >= 11 is 0. The molecule has 0 saturated carbocycles. The second kappa shape index (κ2) is 11.1. The van der Waals surface area contributed by atoms with Crippen LogP contribution >= 0.6 is 0 Å². The molecule has 168 valence electrons. The Balaban J connectivity index is 1.94. The Morgan fingerprint density at radius 2 is 1.55 bits per heavy atom. The average molecular weight is 433 g/mol. The molecule has 0 aromatic heterocycles. The number of esters is 2. The standard InChI is InChI=1S/C21H27N3O7/c1-12(20(28)30-2)9-16(21(29)31-3)22-17(25)11-15-19(27)23-14(18(26)24-15)10-13-7-5-4-6-8-13/h4-8,12,14-16H,9-11H2,1-3H3,(H,22,25)(H,23,27)(H,24,26)/t12-,14+,15+,16-/m1/s1. The summed E-state index contributed by atoms with van der Waals surface area (Å²) in [6, 6.07) is 6.31. The highest BCUT2D eigenvalue weighted by Gasteiger charge is 2.36. The van der Waals surface area contributed by atoms with Crippen LogP contribution in [0.3, 0.4) is 0 Å². The summed E-state index contributed by atoms with van der Waals surface area (Å²) < 4.78 is 9.30. The van der Waals surface area contributed by atoms with Crippen molar-refractivity contribution in [2.45, 2.75) is 44.3 Å². The molecule has 0 spiro atoms. The summed E-state index contributed by atoms with van der Waals surface area (Å²) in [5, 5.41) is 7.64. The molecule has 1 heterocycles. The Bertz CT molecular complexity index is 828. The van der Waals surface area contributed by atoms with E-state index >= 15 is 0 Å². The van der Waals surface area contributed by atoms with Gasteiger partial charge in [0.25, 0.3) is 0 Å². The molecule has 3 N–H and O–H groups in total. The van der Waals surface area contributed by atoms with Gasteiger partial charge in [0, 0.05) is 6.42 Å². The summed E-state index contributed by atoms with van der Waals surface area (Å²) in [5.74, 6) is -3.46. The molecule has 1 aliphatic rings. The lowest BCUT2D eigenvalue weighted by molar-refractivity contribution is -0.149. The number of carbonyl (C=O) groups excluding carboxylic acids is 5. The topological polar surface area (TPSA) is 140 Å². The number of hydrogen-bond acceptors (Lipinski definition) is 7. The van der Waals surface area contributed by atoms with Crippen molar-refractivity contribution in [3.8, 4) is 0 Å². The van der Waals surface area contributed by atoms with Crippen LogP contribution in [0, 0.1) is 5.92 Å². The molecule has 0 radical (unpaired) electrons. The largest absolute Gasteiger partial charge is 0.469 e. The van der Waals surface area contributed by atoms with E-state index in [1.807, 2.05) is 30.3 Å². The van der Waals surface area contributed by atoms with E-state index in [2.05, 4.69) is 25.4 Å². The quantitative estimate of drug-likeness (QED) is 0.444. The van der Waals surface area contributed by atoms with Gasteiger partial charge in [0.15, 0.2) is 0 Å². The van der Waals surface area contributed by atoms with Crippen LogP contribution < -0.4 is 16.0 Å². The fourth-order valence-electron chi connectivity index (χ4n) is 3.26. The number of benzene rings is 1. The van der Waals surface area contributed by atoms with E-state index in [9.17, 15) is 24.0 Å². The van der Waals surface area contributed by atoms with Crippen molar-refractivity contribution >= 4 is 29.7 Å². The summed E-state index contributed by atoms with van der Waals surface area (Å²) in [6.07, 6.45) is -0.0731. The van der Waals surface area contributed by atoms with Gasteiger partial charge in [-0.15, -0.1) is 0 Å². The van der Waals surface area contributed by atoms with Gasteiger partial charge >= 0.3 is 11.9 Å². The highest BCUT2D eigenvalue weighted by Crippen LogP contribution is 2.11. The third-order valence-corrected chi connectivity index (χ3v) is 4.95. The van der Waals surface area contributed by atoms with Gasteiger partial charge in [0.05, 0.1) is 26.6 Å². The Morgan fingerprint density at radius 1 is 0.968 bits per heavy atom. The predicted octanol–water partition coefficient (Wildman–Crippen LogP) is -0.541. The highest BCUT2D eigenvalue weighted by molar-refractivity contribution is 5.99. The molecule has 1 aliphatic heterocycles. The van der Waals surface area contributed by atoms with Crippen molar-refractivity contribution in [1.82, 2.24) is 16.0 Å². The van der Waals surface area contributed by atoms with Crippen LogP contribution in [0.5, 0.6) is 0 Å². The van der Waals surface area contributed by atoms with Crippen LogP contribution in [0.1, 0.15) is 25.3 Å². The molecule has 31 heavy (non-hydrogen) atoms. The number of methoxy groups -OCH3 is 2. The smallest absolute Gasteiger partial charge is 0.328 e. The third kappa shape index (κ3) is 6.80. The van der Waals surface area contributed by atoms with E-state index in [1.54, 1.807) is 6.92 Å². The average Bonchev–Trinajstić information content (AvgIpc) is 2.76. The van der Waals surface area contributed by atoms with E-state index in [4.69, 9.17) is 0 Å². The molecule has 4 atom stereocenters. The van der Waals surface area contributed by atoms with E-state index in [-0.39, 0.29) is 12.8 Å². The van der Waals surface area contributed by atoms with Crippen molar-refractivity contribution in [1.29, 1.82) is 0 Å². The molecule has 1 saturated heterocycles. The van der Waals surface area contributed by atoms with E-state index < -0.39 is 53.7 Å². The molecule has 0 bridgehead atoms. The van der Waals surface area contributed by atoms with Crippen molar-refractivity contribution in [3.63, 3.8) is 0 Å². The van der Waals surface area contributed by atoms with Gasteiger partial charge in [-0.05, 0) is 12.0 Å². The molecule has 3 amide bonds. The number of carbonyl (C=O) groups is 5. The molecule has 10 heteroatoms. The second-order valence-electron chi connectivity index (χ2n) is 7.32. The van der Waals surface area contributed by atoms with Gasteiger partial charge in [-0.2, -0.15) is 0 Å². The van der Waals surface area contributed by atoms with Crippen LogP contribution in [0.4, 0.5) is 0 Å². The third-order valence-electron chi connectivity index (χ3n) is 4.95. The maximum atomic E-state index is 12.4. The van der Waals surface area contributed by atoms with Crippen molar-refractivity contribution < 1.29 is 33.4 Å². The second-order valence-corrected chi connectivity index (χ2v) is 7.32. The van der Waals surface area contributed by atoms with Crippen molar-refractivity contribution in [3.05, 3.63) is 35.9 Å². The normalized spacial score (nSPS) is 20.0. The maximum absolute atomic E-state index is 12.4. The van der Waals surface area contributed by atoms with E-state index in [0.29, 0.717) is 6.42 Å². The minimum Gasteiger partial charge on any atom is -0.469 e. The Morgan fingerprint density at radius 3 is 2.16 bits per heavy atom. The summed E-state index contributed by atoms with van der Waals surface area (Å²) in [6.45, 7) is 1.55. The monoisotopic (exact) mass is 433 g/mol. The maximum Gasteiger partial charge on any atom is 0.328 e. The molecule has 1 aromatic carbocycles. The number of amides is 3. The summed E-state index contributed by atoms with van der Waals surface area (Å²) in [5.41, 5.74) is 0.889. The number of nitrogens with one attached hydrogen (secondary N) is 3. The first-order valence-electron chi connectivity index (χ1n) is 9.84. The molecule has 10 nitrogen and oxygen atoms in total. The Labute approximate surface area is 180 Å². The van der Waals surface area contributed by atoms with E-state index in [1.165, 1.54) is 7.11 Å². The molecule has 2 rings (SSSR count). The van der Waals surface area contributed by atoms with Gasteiger partial charge < -0.3 is 25.4 Å². The Hall–Kier alpha value is -3.43. The van der Waals surface area contributed by atoms with E-state index in [0.717, 1.165) is 12.7 Å². The van der Waals surface area contributed by atoms with Crippen LogP contribution in [0.2, 0.25) is 0 Å². The summed E-state index contributed by atoms with van der Waals surface area (Å²) in [4.78, 5) is 60.8. The lowest BCUT2D eigenvalue weighted by atomic mass is 10.00. The number of hydrogen-bond donors (Lipinski definition) is 3. The fraction of sp³-hybridized carbons (Fsp3) is 0.476. The van der Waals surface area contributed by atoms with Gasteiger partial charge in [-0.25, -0.2) is 4.79 Å². The zero-order valence-electron chi connectivity index (χ0n) is 17.7. The van der Waals surface area contributed by atoms with Gasteiger partial charge in [-0.1, -0.05) is 37.3 Å². The Kier molecular flexibility index (Phi) is 8.53. The van der Waals surface area contributed by atoms with Gasteiger partial charge in [-0.3, -0.25) is 19.2 Å². The first-order valence-corrected chi connectivity index (χ1v) is 9.84. The SMILES string of the molecule is COC(=O)[C@H](C)C[C@@H](NC(=O)C[C@@H]1NC(=O)[C@H](Cc2ccccc2)NC1=O)C(=O)OC. The van der Waals surface area contributed by atoms with Gasteiger partial charge in [0.2, 0.25) is 17.7 Å². The van der Waals surface area contributed by atoms with Crippen molar-refractivity contribution in [2.75, 3.05) is 14.2 Å². The molecule has 0 unspecified atom stereocenters. The zero-order valence-corrected chi connectivity index (χ0v) is 17.7. The molecule has 1 aromatic rings. The van der Waals surface area contributed by atoms with Crippen LogP contribution in [0.25, 0.3) is 0 Å². The lowest BCUT2D eigenvalue weighted by Crippen LogP contribution is -2.63. The van der Waals surface area contributed by atoms with Crippen LogP contribution in [-0.4, -0.2) is 62.0 Å². The number of piperazine rings is 1. The summed E-state index contributed by atoms with van der Waals surface area (Å²) in [7, 11) is 2.38. The fourth-order valence-corrected chi connectivity index (χ4v) is 3.26. The van der Waals surface area contributed by atoms with Crippen molar-refractivity contribution in [2.24, 2.45) is 5.92 Å². The predicted molar refractivity (Wildman–Crippen MR) is 108 cm³/mol. The molecular weight excluding hydrogens is 406 g/mol. The van der Waals surface area contributed by atoms with Crippen LogP contribution in [0.15, 0.2) is 30.3 Å². The highest BCUT2D eigenvalue weighted by atomic mass is 16.5. The lowest BCUT2D eigenvalue weighted by Gasteiger charge is -2.29. The number of rotatable bonds is 9. The minimum atomic E-state index is -1.10. The molecular formula is C21H27N3O7. The van der Waals surface area contributed by atoms with Gasteiger partial charge in [0.1, 0.15) is 18.1 Å². The first kappa shape index (κ1) is 23.8. The zero-order chi connectivity index (χ0) is 23.0.